The van der Waals surface area contributed by atoms with Crippen molar-refractivity contribution in [3.05, 3.63) is 54.1 Å². The summed E-state index contributed by atoms with van der Waals surface area (Å²) in [6.07, 6.45) is 5.70. The van der Waals surface area contributed by atoms with E-state index in [1.807, 2.05) is 30.5 Å². The Labute approximate surface area is 112 Å². The van der Waals surface area contributed by atoms with Gasteiger partial charge in [0.2, 0.25) is 0 Å². The van der Waals surface area contributed by atoms with E-state index >= 15 is 0 Å². The Bertz CT molecular complexity index is 496. The predicted molar refractivity (Wildman–Crippen MR) is 75.6 cm³/mol. The van der Waals surface area contributed by atoms with E-state index in [9.17, 15) is 0 Å². The first-order valence-corrected chi connectivity index (χ1v) is 7.43. The highest BCUT2D eigenvalue weighted by atomic mass is 32.2. The van der Waals surface area contributed by atoms with E-state index in [-0.39, 0.29) is 0 Å². The van der Waals surface area contributed by atoms with E-state index in [2.05, 4.69) is 39.1 Å². The molecule has 0 saturated heterocycles. The van der Waals surface area contributed by atoms with E-state index in [4.69, 9.17) is 0 Å². The van der Waals surface area contributed by atoms with Gasteiger partial charge >= 0.3 is 0 Å². The predicted octanol–water partition coefficient (Wildman–Crippen LogP) is 2.46. The molecule has 3 nitrogen and oxygen atoms in total. The minimum absolute atomic E-state index is 0.489. The molecule has 1 aliphatic heterocycles. The number of hydrogen-bond acceptors (Lipinski definition) is 3. The van der Waals surface area contributed by atoms with Crippen LogP contribution in [0.4, 0.5) is 0 Å². The Morgan fingerprint density at radius 2 is 2.33 bits per heavy atom. The third kappa shape index (κ3) is 2.60. The Balaban J connectivity index is 1.60. The van der Waals surface area contributed by atoms with Gasteiger partial charge in [0.1, 0.15) is 0 Å². The van der Waals surface area contributed by atoms with Gasteiger partial charge in [-0.05, 0) is 11.1 Å². The first-order valence-electron chi connectivity index (χ1n) is 6.28. The third-order valence-corrected chi connectivity index (χ3v) is 4.38. The molecular formula is C14H17N3S. The molecule has 94 valence electrons. The van der Waals surface area contributed by atoms with Crippen LogP contribution in [0, 0.1) is 0 Å². The van der Waals surface area contributed by atoms with Gasteiger partial charge in [0.15, 0.2) is 0 Å². The van der Waals surface area contributed by atoms with E-state index in [1.165, 1.54) is 16.9 Å². The molecule has 1 aromatic heterocycles. The lowest BCUT2D eigenvalue weighted by Crippen LogP contribution is -2.29. The molecule has 18 heavy (non-hydrogen) atoms. The van der Waals surface area contributed by atoms with Crippen LogP contribution in [0.3, 0.4) is 0 Å². The zero-order valence-corrected chi connectivity index (χ0v) is 11.1. The lowest BCUT2D eigenvalue weighted by atomic mass is 10.0. The summed E-state index contributed by atoms with van der Waals surface area (Å²) < 4.78 is 2.11. The first kappa shape index (κ1) is 11.8. The number of hydrogen-bond donors (Lipinski definition) is 1. The van der Waals surface area contributed by atoms with Gasteiger partial charge in [-0.25, -0.2) is 4.98 Å². The first-order chi connectivity index (χ1) is 8.93. The van der Waals surface area contributed by atoms with Crippen molar-refractivity contribution in [1.29, 1.82) is 0 Å². The topological polar surface area (TPSA) is 29.9 Å². The molecule has 1 aliphatic rings. The fraction of sp³-hybridized carbons (Fsp3) is 0.357. The van der Waals surface area contributed by atoms with Gasteiger partial charge in [0.25, 0.3) is 0 Å². The van der Waals surface area contributed by atoms with Gasteiger partial charge in [-0.3, -0.25) is 0 Å². The summed E-state index contributed by atoms with van der Waals surface area (Å²) in [4.78, 5) is 4.05. The van der Waals surface area contributed by atoms with Crippen molar-refractivity contribution in [3.63, 3.8) is 0 Å². The van der Waals surface area contributed by atoms with E-state index in [0.717, 1.165) is 18.8 Å². The number of nitrogens with zero attached hydrogens (tertiary/aromatic N) is 2. The quantitative estimate of drug-likeness (QED) is 0.914. The van der Waals surface area contributed by atoms with Crippen molar-refractivity contribution in [2.24, 2.45) is 0 Å². The molecule has 0 fully saturated rings. The number of nitrogens with one attached hydrogen (secondary N) is 1. The second-order valence-corrected chi connectivity index (χ2v) is 5.55. The summed E-state index contributed by atoms with van der Waals surface area (Å²) in [6, 6.07) is 9.26. The smallest absolute Gasteiger partial charge is 0.0946 e. The zero-order chi connectivity index (χ0) is 12.2. The monoisotopic (exact) mass is 259 g/mol. The number of imidazole rings is 1. The lowest BCUT2D eigenvalue weighted by Gasteiger charge is -2.26. The summed E-state index contributed by atoms with van der Waals surface area (Å²) in [6.45, 7) is 1.96. The lowest BCUT2D eigenvalue weighted by molar-refractivity contribution is 0.531. The van der Waals surface area contributed by atoms with Crippen LogP contribution in [0.1, 0.15) is 17.2 Å². The number of thioether (sulfide) groups is 1. The summed E-state index contributed by atoms with van der Waals surface area (Å²) in [5, 5.41) is 3.65. The average molecular weight is 259 g/mol. The van der Waals surface area contributed by atoms with Crippen LogP contribution >= 0.6 is 11.8 Å². The van der Waals surface area contributed by atoms with Crippen molar-refractivity contribution in [3.8, 4) is 0 Å². The molecule has 4 heteroatoms. The molecule has 0 radical (unpaired) electrons. The average Bonchev–Trinajstić information content (AvgIpc) is 2.92. The molecular weight excluding hydrogens is 242 g/mol. The van der Waals surface area contributed by atoms with Gasteiger partial charge < -0.3 is 9.88 Å². The standard InChI is InChI=1S/C14H17N3S/c1-2-4-13-12(3-1)9-18-10-14(13)16-6-8-17-7-5-15-11-17/h1-5,7,11,14,16H,6,8-10H2. The SMILES string of the molecule is c1ccc2c(c1)CSCC2NCCn1ccnc1. The molecule has 1 atom stereocenters. The second kappa shape index (κ2) is 5.59. The van der Waals surface area contributed by atoms with Crippen molar-refractivity contribution in [1.82, 2.24) is 14.9 Å². The second-order valence-electron chi connectivity index (χ2n) is 4.52. The van der Waals surface area contributed by atoms with Gasteiger partial charge in [-0.1, -0.05) is 24.3 Å². The van der Waals surface area contributed by atoms with Gasteiger partial charge in [-0.2, -0.15) is 11.8 Å². The van der Waals surface area contributed by atoms with Crippen LogP contribution in [0.15, 0.2) is 43.0 Å². The molecule has 0 spiro atoms. The van der Waals surface area contributed by atoms with Gasteiger partial charge in [0, 0.05) is 43.0 Å². The van der Waals surface area contributed by atoms with Crippen LogP contribution in [-0.2, 0) is 12.3 Å². The third-order valence-electron chi connectivity index (χ3n) is 3.29. The highest BCUT2D eigenvalue weighted by molar-refractivity contribution is 7.98. The fourth-order valence-electron chi connectivity index (χ4n) is 2.34. The highest BCUT2D eigenvalue weighted by Crippen LogP contribution is 2.31. The van der Waals surface area contributed by atoms with Crippen LogP contribution < -0.4 is 5.32 Å². The number of aromatic nitrogens is 2. The number of rotatable bonds is 4. The van der Waals surface area contributed by atoms with E-state index in [1.54, 1.807) is 0 Å². The molecule has 0 bridgehead atoms. The highest BCUT2D eigenvalue weighted by Gasteiger charge is 2.18. The van der Waals surface area contributed by atoms with Crippen molar-refractivity contribution >= 4 is 11.8 Å². The maximum atomic E-state index is 4.05. The van der Waals surface area contributed by atoms with Crippen molar-refractivity contribution in [2.75, 3.05) is 12.3 Å². The van der Waals surface area contributed by atoms with E-state index < -0.39 is 0 Å². The maximum Gasteiger partial charge on any atom is 0.0946 e. The Morgan fingerprint density at radius 1 is 1.39 bits per heavy atom. The Morgan fingerprint density at radius 3 is 3.22 bits per heavy atom. The summed E-state index contributed by atoms with van der Waals surface area (Å²) >= 11 is 2.01. The largest absolute Gasteiger partial charge is 0.336 e. The normalized spacial score (nSPS) is 18.6. The molecule has 1 N–H and O–H groups in total. The van der Waals surface area contributed by atoms with Crippen LogP contribution in [-0.4, -0.2) is 21.8 Å². The van der Waals surface area contributed by atoms with Crippen LogP contribution in [0.25, 0.3) is 0 Å². The molecule has 0 amide bonds. The summed E-state index contributed by atoms with van der Waals surface area (Å²) in [5.41, 5.74) is 2.95. The molecule has 0 aliphatic carbocycles. The van der Waals surface area contributed by atoms with Crippen molar-refractivity contribution in [2.45, 2.75) is 18.3 Å². The fourth-order valence-corrected chi connectivity index (χ4v) is 3.47. The summed E-state index contributed by atoms with van der Waals surface area (Å²) in [5.74, 6) is 2.32. The van der Waals surface area contributed by atoms with E-state index in [0.29, 0.717) is 6.04 Å². The van der Waals surface area contributed by atoms with Crippen molar-refractivity contribution < 1.29 is 0 Å². The molecule has 1 aromatic carbocycles. The maximum absolute atomic E-state index is 4.05. The molecule has 3 rings (SSSR count). The van der Waals surface area contributed by atoms with Crippen LogP contribution in [0.5, 0.6) is 0 Å². The van der Waals surface area contributed by atoms with Crippen LogP contribution in [0.2, 0.25) is 0 Å². The van der Waals surface area contributed by atoms with Gasteiger partial charge in [0.05, 0.1) is 6.33 Å². The number of benzene rings is 1. The minimum Gasteiger partial charge on any atom is -0.336 e. The number of fused-ring (bicyclic) bond motifs is 1. The Hall–Kier alpha value is -1.26. The molecule has 2 heterocycles. The summed E-state index contributed by atoms with van der Waals surface area (Å²) in [7, 11) is 0. The Kier molecular flexibility index (Phi) is 3.67. The minimum atomic E-state index is 0.489. The molecule has 2 aromatic rings. The zero-order valence-electron chi connectivity index (χ0n) is 10.2. The van der Waals surface area contributed by atoms with Gasteiger partial charge in [-0.15, -0.1) is 0 Å². The molecule has 1 unspecified atom stereocenters. The molecule has 0 saturated carbocycles.